The summed E-state index contributed by atoms with van der Waals surface area (Å²) in [6.07, 6.45) is -0.0547. The molecular weight excluding hydrogens is 370 g/mol. The van der Waals surface area contributed by atoms with E-state index in [4.69, 9.17) is 0 Å². The lowest BCUT2D eigenvalue weighted by molar-refractivity contribution is -0.116. The maximum Gasteiger partial charge on any atom is 0.255 e. The Morgan fingerprint density at radius 2 is 1.67 bits per heavy atom. The largest absolute Gasteiger partial charge is 0.355 e. The van der Waals surface area contributed by atoms with E-state index in [9.17, 15) is 22.8 Å². The molecule has 0 unspecified atom stereocenters. The van der Waals surface area contributed by atoms with Crippen LogP contribution >= 0.6 is 0 Å². The predicted octanol–water partition coefficient (Wildman–Crippen LogP) is 1.36. The Labute approximate surface area is 156 Å². The van der Waals surface area contributed by atoms with Crippen molar-refractivity contribution in [1.82, 2.24) is 5.32 Å². The zero-order valence-electron chi connectivity index (χ0n) is 14.4. The van der Waals surface area contributed by atoms with Crippen molar-refractivity contribution in [1.29, 1.82) is 0 Å². The van der Waals surface area contributed by atoms with Crippen molar-refractivity contribution in [2.24, 2.45) is 0 Å². The number of amides is 3. The van der Waals surface area contributed by atoms with Crippen LogP contribution in [-0.2, 0) is 14.8 Å². The van der Waals surface area contributed by atoms with E-state index in [0.717, 1.165) is 4.31 Å². The number of benzene rings is 2. The van der Waals surface area contributed by atoms with Crippen LogP contribution in [0.1, 0.15) is 27.1 Å². The first-order valence-electron chi connectivity index (χ1n) is 8.12. The molecule has 0 saturated carbocycles. The summed E-state index contributed by atoms with van der Waals surface area (Å²) in [6, 6.07) is 12.2. The second-order valence-electron chi connectivity index (χ2n) is 5.85. The van der Waals surface area contributed by atoms with Crippen LogP contribution in [0.25, 0.3) is 0 Å². The zero-order chi connectivity index (χ0) is 19.6. The lowest BCUT2D eigenvalue weighted by Crippen LogP contribution is -2.29. The topological polar surface area (TPSA) is 113 Å². The molecule has 9 heteroatoms. The average Bonchev–Trinajstić information content (AvgIpc) is 2.94. The van der Waals surface area contributed by atoms with Gasteiger partial charge in [-0.25, -0.2) is 12.7 Å². The van der Waals surface area contributed by atoms with Crippen LogP contribution in [0.5, 0.6) is 0 Å². The van der Waals surface area contributed by atoms with Gasteiger partial charge in [0, 0.05) is 19.0 Å². The number of sulfonamides is 1. The molecule has 140 valence electrons. The number of carbonyl (C=O) groups excluding carboxylic acids is 3. The fourth-order valence-corrected chi connectivity index (χ4v) is 4.20. The molecular formula is C18H17N3O5S. The molecule has 1 fully saturated rings. The van der Waals surface area contributed by atoms with Gasteiger partial charge in [-0.2, -0.15) is 0 Å². The predicted molar refractivity (Wildman–Crippen MR) is 100 cm³/mol. The maximum atomic E-state index is 12.5. The molecule has 27 heavy (non-hydrogen) atoms. The van der Waals surface area contributed by atoms with E-state index >= 15 is 0 Å². The van der Waals surface area contributed by atoms with Crippen molar-refractivity contribution in [3.8, 4) is 0 Å². The Bertz CT molecular complexity index is 1020. The minimum atomic E-state index is -3.65. The maximum absolute atomic E-state index is 12.5. The number of carbonyl (C=O) groups is 3. The first-order chi connectivity index (χ1) is 12.8. The summed E-state index contributed by atoms with van der Waals surface area (Å²) in [6.45, 7) is 0. The molecule has 0 bridgehead atoms. The molecule has 0 spiro atoms. The molecule has 2 N–H and O–H groups in total. The summed E-state index contributed by atoms with van der Waals surface area (Å²) in [5.74, 6) is -1.51. The van der Waals surface area contributed by atoms with Gasteiger partial charge in [0.15, 0.2) is 0 Å². The molecule has 0 aliphatic carbocycles. The summed E-state index contributed by atoms with van der Waals surface area (Å²) >= 11 is 0. The highest BCUT2D eigenvalue weighted by molar-refractivity contribution is 7.94. The lowest BCUT2D eigenvalue weighted by Gasteiger charge is -2.15. The van der Waals surface area contributed by atoms with Gasteiger partial charge in [0.2, 0.25) is 15.9 Å². The molecule has 1 aliphatic rings. The molecule has 0 atom stereocenters. The number of para-hydroxylation sites is 1. The number of rotatable bonds is 4. The van der Waals surface area contributed by atoms with Crippen molar-refractivity contribution in [2.45, 2.75) is 6.42 Å². The molecule has 3 amide bonds. The van der Waals surface area contributed by atoms with Crippen LogP contribution in [0.2, 0.25) is 0 Å². The van der Waals surface area contributed by atoms with E-state index < -0.39 is 21.8 Å². The van der Waals surface area contributed by atoms with Gasteiger partial charge in [0.05, 0.1) is 22.7 Å². The SMILES string of the molecule is CNC(=O)c1ccccc1NC(=O)c1ccc(N2C(=O)CCS2(=O)=O)cc1. The molecule has 0 aromatic heterocycles. The smallest absolute Gasteiger partial charge is 0.255 e. The molecule has 0 radical (unpaired) electrons. The highest BCUT2D eigenvalue weighted by atomic mass is 32.2. The number of nitrogens with zero attached hydrogens (tertiary/aromatic N) is 1. The number of nitrogens with one attached hydrogen (secondary N) is 2. The van der Waals surface area contributed by atoms with Crippen LogP contribution < -0.4 is 14.9 Å². The molecule has 8 nitrogen and oxygen atoms in total. The zero-order valence-corrected chi connectivity index (χ0v) is 15.2. The van der Waals surface area contributed by atoms with Gasteiger partial charge in [-0.15, -0.1) is 0 Å². The van der Waals surface area contributed by atoms with Gasteiger partial charge >= 0.3 is 0 Å². The first kappa shape index (κ1) is 18.6. The summed E-state index contributed by atoms with van der Waals surface area (Å²) < 4.78 is 24.7. The average molecular weight is 387 g/mol. The summed E-state index contributed by atoms with van der Waals surface area (Å²) in [7, 11) is -2.16. The minimum absolute atomic E-state index is 0.0547. The molecule has 3 rings (SSSR count). The standard InChI is InChI=1S/C18H17N3O5S/c1-19-18(24)14-4-2-3-5-15(14)20-17(23)12-6-8-13(9-7-12)21-16(22)10-11-27(21,25)26/h2-9H,10-11H2,1H3,(H,19,24)(H,20,23). The van der Waals surface area contributed by atoms with Gasteiger partial charge in [0.25, 0.3) is 11.8 Å². The van der Waals surface area contributed by atoms with E-state index in [1.807, 2.05) is 0 Å². The minimum Gasteiger partial charge on any atom is -0.355 e. The van der Waals surface area contributed by atoms with Crippen molar-refractivity contribution < 1.29 is 22.8 Å². The van der Waals surface area contributed by atoms with E-state index in [1.54, 1.807) is 24.3 Å². The van der Waals surface area contributed by atoms with Crippen molar-refractivity contribution >= 4 is 39.1 Å². The van der Waals surface area contributed by atoms with Crippen molar-refractivity contribution in [3.63, 3.8) is 0 Å². The molecule has 1 saturated heterocycles. The Balaban J connectivity index is 1.82. The van der Waals surface area contributed by atoms with Gasteiger partial charge in [-0.3, -0.25) is 14.4 Å². The first-order valence-corrected chi connectivity index (χ1v) is 9.73. The lowest BCUT2D eigenvalue weighted by atomic mass is 10.1. The third-order valence-corrected chi connectivity index (χ3v) is 5.78. The van der Waals surface area contributed by atoms with Gasteiger partial charge < -0.3 is 10.6 Å². The fraction of sp³-hybridized carbons (Fsp3) is 0.167. The van der Waals surface area contributed by atoms with Crippen LogP contribution in [-0.4, -0.2) is 38.9 Å². The van der Waals surface area contributed by atoms with Crippen LogP contribution in [0.4, 0.5) is 11.4 Å². The van der Waals surface area contributed by atoms with E-state index in [2.05, 4.69) is 10.6 Å². The van der Waals surface area contributed by atoms with Crippen LogP contribution in [0.15, 0.2) is 48.5 Å². The van der Waals surface area contributed by atoms with Gasteiger partial charge in [-0.05, 0) is 36.4 Å². The Kier molecular flexibility index (Phi) is 4.95. The van der Waals surface area contributed by atoms with E-state index in [0.29, 0.717) is 11.3 Å². The number of hydrogen-bond acceptors (Lipinski definition) is 5. The Morgan fingerprint density at radius 1 is 1.00 bits per heavy atom. The summed E-state index contributed by atoms with van der Waals surface area (Å²) in [4.78, 5) is 36.1. The van der Waals surface area contributed by atoms with E-state index in [-0.39, 0.29) is 29.3 Å². The second-order valence-corrected chi connectivity index (χ2v) is 7.79. The summed E-state index contributed by atoms with van der Waals surface area (Å²) in [5, 5.41) is 5.16. The molecule has 2 aromatic carbocycles. The van der Waals surface area contributed by atoms with Gasteiger partial charge in [-0.1, -0.05) is 12.1 Å². The number of anilines is 2. The molecule has 1 heterocycles. The van der Waals surface area contributed by atoms with Crippen molar-refractivity contribution in [2.75, 3.05) is 22.4 Å². The highest BCUT2D eigenvalue weighted by Gasteiger charge is 2.36. The van der Waals surface area contributed by atoms with E-state index in [1.165, 1.54) is 31.3 Å². The van der Waals surface area contributed by atoms with Gasteiger partial charge in [0.1, 0.15) is 0 Å². The normalized spacial score (nSPS) is 15.4. The van der Waals surface area contributed by atoms with Crippen LogP contribution in [0, 0.1) is 0 Å². The third kappa shape index (κ3) is 3.68. The Hall–Kier alpha value is -3.20. The molecule has 1 aliphatic heterocycles. The fourth-order valence-electron chi connectivity index (χ4n) is 2.74. The number of hydrogen-bond donors (Lipinski definition) is 2. The quantitative estimate of drug-likeness (QED) is 0.823. The Morgan fingerprint density at radius 3 is 2.26 bits per heavy atom. The third-order valence-electron chi connectivity index (χ3n) is 4.09. The second kappa shape index (κ2) is 7.20. The molecule has 2 aromatic rings. The highest BCUT2D eigenvalue weighted by Crippen LogP contribution is 2.25. The van der Waals surface area contributed by atoms with Crippen molar-refractivity contribution in [3.05, 3.63) is 59.7 Å². The van der Waals surface area contributed by atoms with Crippen LogP contribution in [0.3, 0.4) is 0 Å². The monoisotopic (exact) mass is 387 g/mol. The summed E-state index contributed by atoms with van der Waals surface area (Å²) in [5.41, 5.74) is 1.12.